The Bertz CT molecular complexity index is 794. The van der Waals surface area contributed by atoms with Crippen LogP contribution in [0.5, 0.6) is 0 Å². The summed E-state index contributed by atoms with van der Waals surface area (Å²) in [6, 6.07) is 12.2. The summed E-state index contributed by atoms with van der Waals surface area (Å²) < 4.78 is 5.51. The number of nitrogens with zero attached hydrogens (tertiary/aromatic N) is 1. The smallest absolute Gasteiger partial charge is 0.307 e. The van der Waals surface area contributed by atoms with Crippen molar-refractivity contribution >= 4 is 45.1 Å². The van der Waals surface area contributed by atoms with E-state index in [4.69, 9.17) is 0 Å². The molecule has 0 aliphatic heterocycles. The normalized spacial score (nSPS) is 11.5. The average molecular weight is 453 g/mol. The molecule has 27 heavy (non-hydrogen) atoms. The van der Waals surface area contributed by atoms with Gasteiger partial charge in [-0.15, -0.1) is 11.3 Å². The van der Waals surface area contributed by atoms with Gasteiger partial charge in [0.05, 0.1) is 22.2 Å². The Balaban J connectivity index is 2.06. The Morgan fingerprint density at radius 1 is 1.19 bits per heavy atom. The molecule has 2 rings (SSSR count). The van der Waals surface area contributed by atoms with Gasteiger partial charge < -0.3 is 15.0 Å². The summed E-state index contributed by atoms with van der Waals surface area (Å²) >= 11 is 4.61. The van der Waals surface area contributed by atoms with E-state index in [2.05, 4.69) is 26.0 Å². The first-order chi connectivity index (χ1) is 12.9. The molecule has 8 heteroatoms. The van der Waals surface area contributed by atoms with Crippen LogP contribution in [0.4, 0.5) is 0 Å². The highest BCUT2D eigenvalue weighted by molar-refractivity contribution is 9.11. The van der Waals surface area contributed by atoms with Gasteiger partial charge in [0.15, 0.2) is 0 Å². The van der Waals surface area contributed by atoms with Crippen LogP contribution in [0.3, 0.4) is 0 Å². The second-order valence-electron chi connectivity index (χ2n) is 5.87. The molecule has 0 aliphatic carbocycles. The molecule has 0 radical (unpaired) electrons. The van der Waals surface area contributed by atoms with Gasteiger partial charge in [-0.25, -0.2) is 0 Å². The standard InChI is InChI=1S/C19H21BrN2O4S/c1-13(21-18(24)15-8-9-16(20)27-15)19(25)22(11-10-17(23)26-2)12-14-6-4-3-5-7-14/h3-9,13H,10-12H2,1-2H3,(H,21,24). The molecule has 6 nitrogen and oxygen atoms in total. The van der Waals surface area contributed by atoms with E-state index in [-0.39, 0.29) is 30.7 Å². The van der Waals surface area contributed by atoms with Crippen LogP contribution in [-0.2, 0) is 20.9 Å². The Morgan fingerprint density at radius 3 is 2.48 bits per heavy atom. The zero-order chi connectivity index (χ0) is 19.8. The van der Waals surface area contributed by atoms with Gasteiger partial charge in [0.1, 0.15) is 6.04 Å². The third-order valence-electron chi connectivity index (χ3n) is 3.86. The van der Waals surface area contributed by atoms with E-state index >= 15 is 0 Å². The maximum atomic E-state index is 12.9. The summed E-state index contributed by atoms with van der Waals surface area (Å²) in [6.07, 6.45) is 0.0909. The minimum atomic E-state index is -0.722. The lowest BCUT2D eigenvalue weighted by molar-refractivity contribution is -0.142. The minimum Gasteiger partial charge on any atom is -0.469 e. The van der Waals surface area contributed by atoms with E-state index in [1.165, 1.54) is 18.4 Å². The van der Waals surface area contributed by atoms with E-state index in [0.717, 1.165) is 9.35 Å². The third kappa shape index (κ3) is 6.48. The van der Waals surface area contributed by atoms with Gasteiger partial charge in [0, 0.05) is 13.1 Å². The van der Waals surface area contributed by atoms with Gasteiger partial charge >= 0.3 is 5.97 Å². The van der Waals surface area contributed by atoms with Crippen LogP contribution < -0.4 is 5.32 Å². The molecule has 1 N–H and O–H groups in total. The van der Waals surface area contributed by atoms with Crippen LogP contribution in [0.15, 0.2) is 46.3 Å². The monoisotopic (exact) mass is 452 g/mol. The van der Waals surface area contributed by atoms with E-state index in [1.54, 1.807) is 24.0 Å². The molecule has 0 bridgehead atoms. The molecular formula is C19H21BrN2O4S. The van der Waals surface area contributed by atoms with Crippen LogP contribution >= 0.6 is 27.3 Å². The van der Waals surface area contributed by atoms with Crippen molar-refractivity contribution in [1.29, 1.82) is 0 Å². The highest BCUT2D eigenvalue weighted by Crippen LogP contribution is 2.22. The van der Waals surface area contributed by atoms with Crippen molar-refractivity contribution in [2.24, 2.45) is 0 Å². The largest absolute Gasteiger partial charge is 0.469 e. The molecule has 1 atom stereocenters. The van der Waals surface area contributed by atoms with Crippen molar-refractivity contribution in [3.05, 3.63) is 56.7 Å². The number of amides is 2. The summed E-state index contributed by atoms with van der Waals surface area (Å²) in [5.41, 5.74) is 0.941. The molecule has 1 aromatic heterocycles. The topological polar surface area (TPSA) is 75.7 Å². The van der Waals surface area contributed by atoms with Crippen molar-refractivity contribution in [3.63, 3.8) is 0 Å². The number of hydrogen-bond acceptors (Lipinski definition) is 5. The Morgan fingerprint density at radius 2 is 1.89 bits per heavy atom. The predicted molar refractivity (Wildman–Crippen MR) is 107 cm³/mol. The second-order valence-corrected chi connectivity index (χ2v) is 8.33. The number of carbonyl (C=O) groups is 3. The molecular weight excluding hydrogens is 432 g/mol. The number of halogens is 1. The zero-order valence-corrected chi connectivity index (χ0v) is 17.5. The zero-order valence-electron chi connectivity index (χ0n) is 15.1. The predicted octanol–water partition coefficient (Wildman–Crippen LogP) is 3.22. The van der Waals surface area contributed by atoms with Crippen LogP contribution in [0, 0.1) is 0 Å². The summed E-state index contributed by atoms with van der Waals surface area (Å²) in [7, 11) is 1.31. The van der Waals surface area contributed by atoms with Gasteiger partial charge in [-0.2, -0.15) is 0 Å². The number of rotatable bonds is 8. The first-order valence-electron chi connectivity index (χ1n) is 8.36. The second kappa shape index (κ2) is 10.2. The molecule has 1 aromatic carbocycles. The minimum absolute atomic E-state index is 0.0909. The fraction of sp³-hybridized carbons (Fsp3) is 0.316. The Labute approximate surface area is 170 Å². The number of methoxy groups -OCH3 is 1. The Kier molecular flexibility index (Phi) is 7.99. The summed E-state index contributed by atoms with van der Waals surface area (Å²) in [5.74, 6) is -0.952. The first kappa shape index (κ1) is 21.1. The number of ether oxygens (including phenoxy) is 1. The average Bonchev–Trinajstić information content (AvgIpc) is 3.11. The fourth-order valence-corrected chi connectivity index (χ4v) is 3.73. The van der Waals surface area contributed by atoms with Gasteiger partial charge in [0.25, 0.3) is 5.91 Å². The lowest BCUT2D eigenvalue weighted by Crippen LogP contribution is -2.47. The molecule has 2 amide bonds. The molecule has 0 spiro atoms. The van der Waals surface area contributed by atoms with Gasteiger partial charge in [-0.3, -0.25) is 14.4 Å². The highest BCUT2D eigenvalue weighted by Gasteiger charge is 2.24. The molecule has 1 unspecified atom stereocenters. The molecule has 0 aliphatic rings. The van der Waals surface area contributed by atoms with E-state index < -0.39 is 6.04 Å². The van der Waals surface area contributed by atoms with Crippen LogP contribution in [0.1, 0.15) is 28.6 Å². The van der Waals surface area contributed by atoms with E-state index in [9.17, 15) is 14.4 Å². The first-order valence-corrected chi connectivity index (χ1v) is 9.97. The van der Waals surface area contributed by atoms with Crippen molar-refractivity contribution in [2.45, 2.75) is 25.9 Å². The van der Waals surface area contributed by atoms with Crippen LogP contribution in [0.2, 0.25) is 0 Å². The van der Waals surface area contributed by atoms with Crippen molar-refractivity contribution in [1.82, 2.24) is 10.2 Å². The number of benzene rings is 1. The maximum Gasteiger partial charge on any atom is 0.307 e. The van der Waals surface area contributed by atoms with Gasteiger partial charge in [-0.05, 0) is 40.5 Å². The van der Waals surface area contributed by atoms with Crippen LogP contribution in [-0.4, -0.2) is 42.4 Å². The SMILES string of the molecule is COC(=O)CCN(Cc1ccccc1)C(=O)C(C)NC(=O)c1ccc(Br)s1. The van der Waals surface area contributed by atoms with E-state index in [0.29, 0.717) is 11.4 Å². The lowest BCUT2D eigenvalue weighted by atomic mass is 10.2. The van der Waals surface area contributed by atoms with Crippen molar-refractivity contribution in [2.75, 3.05) is 13.7 Å². The number of carbonyl (C=O) groups excluding carboxylic acids is 3. The van der Waals surface area contributed by atoms with Gasteiger partial charge in [-0.1, -0.05) is 30.3 Å². The molecule has 0 saturated carbocycles. The molecule has 0 fully saturated rings. The third-order valence-corrected chi connectivity index (χ3v) is 5.48. The van der Waals surface area contributed by atoms with Gasteiger partial charge in [0.2, 0.25) is 5.91 Å². The van der Waals surface area contributed by atoms with Crippen molar-refractivity contribution < 1.29 is 19.1 Å². The summed E-state index contributed by atoms with van der Waals surface area (Å²) in [6.45, 7) is 2.20. The van der Waals surface area contributed by atoms with Crippen LogP contribution in [0.25, 0.3) is 0 Å². The van der Waals surface area contributed by atoms with Crippen molar-refractivity contribution in [3.8, 4) is 0 Å². The number of nitrogens with one attached hydrogen (secondary N) is 1. The molecule has 0 saturated heterocycles. The highest BCUT2D eigenvalue weighted by atomic mass is 79.9. The number of hydrogen-bond donors (Lipinski definition) is 1. The lowest BCUT2D eigenvalue weighted by Gasteiger charge is -2.26. The molecule has 1 heterocycles. The van der Waals surface area contributed by atoms with E-state index in [1.807, 2.05) is 30.3 Å². The number of thiophene rings is 1. The summed E-state index contributed by atoms with van der Waals surface area (Å²) in [5, 5.41) is 2.72. The number of esters is 1. The summed E-state index contributed by atoms with van der Waals surface area (Å²) in [4.78, 5) is 38.7. The maximum absolute atomic E-state index is 12.9. The fourth-order valence-electron chi connectivity index (χ4n) is 2.44. The quantitative estimate of drug-likeness (QED) is 0.623. The Hall–Kier alpha value is -2.19. The molecule has 2 aromatic rings. The molecule has 144 valence electrons.